The van der Waals surface area contributed by atoms with Gasteiger partial charge in [-0.15, -0.1) is 0 Å². The number of hydrogen-bond donors (Lipinski definition) is 3. The van der Waals surface area contributed by atoms with Crippen LogP contribution in [0.4, 0.5) is 0 Å². The van der Waals surface area contributed by atoms with Gasteiger partial charge >= 0.3 is 0 Å². The molecule has 0 bridgehead atoms. The summed E-state index contributed by atoms with van der Waals surface area (Å²) in [6.45, 7) is 0. The van der Waals surface area contributed by atoms with E-state index in [0.29, 0.717) is 5.56 Å². The topological polar surface area (TPSA) is 163 Å². The van der Waals surface area contributed by atoms with Gasteiger partial charge in [-0.2, -0.15) is 25.3 Å². The highest BCUT2D eigenvalue weighted by Gasteiger charge is 2.57. The zero-order valence-corrected chi connectivity index (χ0v) is 24.3. The lowest BCUT2D eigenvalue weighted by Gasteiger charge is -2.30. The molecular formula is C30H26O9S3. The van der Waals surface area contributed by atoms with E-state index in [0.717, 1.165) is 10.8 Å². The molecule has 0 unspecified atom stereocenters. The van der Waals surface area contributed by atoms with E-state index in [4.69, 9.17) is 4.55 Å². The van der Waals surface area contributed by atoms with Gasteiger partial charge in [-0.05, 0) is 39.2 Å². The molecule has 0 amide bonds. The Kier molecular flexibility index (Phi) is 8.97. The first kappa shape index (κ1) is 31.0. The third-order valence-electron chi connectivity index (χ3n) is 6.57. The van der Waals surface area contributed by atoms with E-state index in [1.807, 2.05) is 18.2 Å². The van der Waals surface area contributed by atoms with Gasteiger partial charge in [0.1, 0.15) is 0 Å². The van der Waals surface area contributed by atoms with Crippen LogP contribution < -0.4 is 0 Å². The molecule has 0 aromatic heterocycles. The van der Waals surface area contributed by atoms with Gasteiger partial charge in [0, 0.05) is 12.0 Å². The summed E-state index contributed by atoms with van der Waals surface area (Å²) in [6, 6.07) is 34.3. The predicted molar refractivity (Wildman–Crippen MR) is 163 cm³/mol. The molecule has 42 heavy (non-hydrogen) atoms. The van der Waals surface area contributed by atoms with Gasteiger partial charge in [-0.1, -0.05) is 115 Å². The average Bonchev–Trinajstić information content (AvgIpc) is 2.95. The highest BCUT2D eigenvalue weighted by molar-refractivity contribution is 8.04. The Labute approximate surface area is 244 Å². The van der Waals surface area contributed by atoms with E-state index in [9.17, 15) is 34.4 Å². The van der Waals surface area contributed by atoms with Crippen molar-refractivity contribution in [3.8, 4) is 0 Å². The molecular weight excluding hydrogens is 601 g/mol. The summed E-state index contributed by atoms with van der Waals surface area (Å²) in [7, 11) is -14.2. The fourth-order valence-electron chi connectivity index (χ4n) is 4.52. The molecule has 5 aromatic carbocycles. The van der Waals surface area contributed by atoms with Crippen molar-refractivity contribution in [1.82, 2.24) is 0 Å². The largest absolute Gasteiger partial charge is 0.294 e. The van der Waals surface area contributed by atoms with Crippen LogP contribution in [0.15, 0.2) is 126 Å². The van der Waals surface area contributed by atoms with Crippen molar-refractivity contribution < 1.29 is 38.9 Å². The Hall–Kier alpha value is -3.91. The molecule has 218 valence electrons. The number of allylic oxidation sites excluding steroid dienone is 1. The molecule has 0 saturated carbocycles. The number of rotatable bonds is 3. The van der Waals surface area contributed by atoms with Gasteiger partial charge < -0.3 is 0 Å². The molecule has 3 N–H and O–H groups in total. The van der Waals surface area contributed by atoms with Crippen LogP contribution in [0.2, 0.25) is 0 Å². The monoisotopic (exact) mass is 626 g/mol. The molecule has 0 radical (unpaired) electrons. The van der Waals surface area contributed by atoms with E-state index in [-0.39, 0.29) is 10.5 Å². The number of hydrogen-bond acceptors (Lipinski definition) is 6. The van der Waals surface area contributed by atoms with Gasteiger partial charge in [0.2, 0.25) is 0 Å². The summed E-state index contributed by atoms with van der Waals surface area (Å²) in [5.41, 5.74) is 0.163. The Morgan fingerprint density at radius 3 is 1.43 bits per heavy atom. The second-order valence-corrected chi connectivity index (χ2v) is 14.2. The Morgan fingerprint density at radius 2 is 0.952 bits per heavy atom. The molecule has 1 aliphatic carbocycles. The maximum absolute atomic E-state index is 11.5. The lowest BCUT2D eigenvalue weighted by molar-refractivity contribution is 0.423. The molecule has 0 saturated heterocycles. The minimum absolute atomic E-state index is 0.0730. The van der Waals surface area contributed by atoms with Crippen LogP contribution in [0.5, 0.6) is 0 Å². The van der Waals surface area contributed by atoms with Crippen molar-refractivity contribution in [3.05, 3.63) is 132 Å². The van der Waals surface area contributed by atoms with Crippen LogP contribution in [-0.2, 0) is 34.4 Å². The summed E-state index contributed by atoms with van der Waals surface area (Å²) in [6.07, 6.45) is 2.27. The van der Waals surface area contributed by atoms with Crippen molar-refractivity contribution in [3.63, 3.8) is 0 Å². The Balaban J connectivity index is 0.000000150. The van der Waals surface area contributed by atoms with Gasteiger partial charge in [-0.3, -0.25) is 13.7 Å². The quantitative estimate of drug-likeness (QED) is 0.205. The standard InChI is InChI=1S/C10H10O6S2.C10H8O3S.C10H8/c11-17(12,13)10(18(14,15)16)7-3-5-8-4-1-2-6-9(8)10;11-14(12,13)10-6-5-8-3-1-2-4-9(8)7-10;1-2-6-10-8-4-3-7-9(10)5-1/h1-6H,7H2,(H,11,12,13)(H,14,15,16);1-7H,(H,11,12,13);1-8H. The molecule has 9 nitrogen and oxygen atoms in total. The molecule has 12 heteroatoms. The van der Waals surface area contributed by atoms with Crippen LogP contribution in [-0.4, -0.2) is 38.9 Å². The molecule has 5 aromatic rings. The van der Waals surface area contributed by atoms with Gasteiger partial charge in [0.05, 0.1) is 4.90 Å². The summed E-state index contributed by atoms with van der Waals surface area (Å²) in [5.74, 6) is 0. The fourth-order valence-corrected chi connectivity index (χ4v) is 7.64. The Bertz CT molecular complexity index is 2010. The maximum atomic E-state index is 11.5. The lowest BCUT2D eigenvalue weighted by atomic mass is 9.96. The van der Waals surface area contributed by atoms with Crippen LogP contribution in [0, 0.1) is 0 Å². The second-order valence-electron chi connectivity index (χ2n) is 9.23. The van der Waals surface area contributed by atoms with E-state index in [1.54, 1.807) is 18.2 Å². The van der Waals surface area contributed by atoms with Crippen LogP contribution in [0.3, 0.4) is 0 Å². The third-order valence-corrected chi connectivity index (χ3v) is 11.1. The van der Waals surface area contributed by atoms with Gasteiger partial charge in [0.25, 0.3) is 34.4 Å². The first-order chi connectivity index (χ1) is 19.7. The number of fused-ring (bicyclic) bond motifs is 3. The molecule has 1 aliphatic rings. The summed E-state index contributed by atoms with van der Waals surface area (Å²) in [5, 5.41) is 4.36. The zero-order valence-electron chi connectivity index (χ0n) is 21.8. The molecule has 0 heterocycles. The summed E-state index contributed by atoms with van der Waals surface area (Å²) >= 11 is 0. The van der Waals surface area contributed by atoms with Gasteiger partial charge in [-0.25, -0.2) is 0 Å². The number of benzene rings is 5. The molecule has 0 atom stereocenters. The van der Waals surface area contributed by atoms with Crippen molar-refractivity contribution in [2.24, 2.45) is 0 Å². The van der Waals surface area contributed by atoms with E-state index in [2.05, 4.69) is 48.5 Å². The lowest BCUT2D eigenvalue weighted by Crippen LogP contribution is -2.44. The SMILES string of the molecule is O=S(=O)(O)C1(S(=O)(=O)O)CC=Cc2ccccc21.O=S(=O)(O)c1ccc2ccccc2c1.c1ccc2ccccc2c1. The van der Waals surface area contributed by atoms with E-state index < -0.39 is 40.9 Å². The third kappa shape index (κ3) is 6.59. The summed E-state index contributed by atoms with van der Waals surface area (Å²) < 4.78 is 92.3. The van der Waals surface area contributed by atoms with E-state index in [1.165, 1.54) is 53.3 Å². The summed E-state index contributed by atoms with van der Waals surface area (Å²) in [4.78, 5) is -0.0730. The van der Waals surface area contributed by atoms with Crippen molar-refractivity contribution in [1.29, 1.82) is 0 Å². The highest BCUT2D eigenvalue weighted by Crippen LogP contribution is 2.43. The molecule has 6 rings (SSSR count). The zero-order chi connectivity index (χ0) is 30.6. The van der Waals surface area contributed by atoms with Crippen LogP contribution in [0.1, 0.15) is 17.5 Å². The molecule has 0 fully saturated rings. The molecule has 0 spiro atoms. The Morgan fingerprint density at radius 1 is 0.524 bits per heavy atom. The first-order valence-corrected chi connectivity index (χ1v) is 16.7. The first-order valence-electron chi connectivity index (χ1n) is 12.3. The second kappa shape index (κ2) is 12.1. The van der Waals surface area contributed by atoms with Crippen molar-refractivity contribution >= 4 is 58.0 Å². The maximum Gasteiger partial charge on any atom is 0.294 e. The molecule has 0 aliphatic heterocycles. The van der Waals surface area contributed by atoms with Crippen molar-refractivity contribution in [2.75, 3.05) is 0 Å². The minimum atomic E-state index is -5.05. The average molecular weight is 627 g/mol. The van der Waals surface area contributed by atoms with E-state index >= 15 is 0 Å². The van der Waals surface area contributed by atoms with Gasteiger partial charge in [0.15, 0.2) is 0 Å². The normalized spacial score (nSPS) is 14.2. The predicted octanol–water partition coefficient (Wildman–Crippen LogP) is 5.96. The van der Waals surface area contributed by atoms with Crippen LogP contribution >= 0.6 is 0 Å². The fraction of sp³-hybridized carbons (Fsp3) is 0.0667. The minimum Gasteiger partial charge on any atom is -0.284 e. The smallest absolute Gasteiger partial charge is 0.284 e. The van der Waals surface area contributed by atoms with Crippen molar-refractivity contribution in [2.45, 2.75) is 15.4 Å². The van der Waals surface area contributed by atoms with Crippen LogP contribution in [0.25, 0.3) is 27.6 Å². The highest BCUT2D eigenvalue weighted by atomic mass is 32.3.